The first-order valence-electron chi connectivity index (χ1n) is 7.08. The average molecular weight is 301 g/mol. The van der Waals surface area contributed by atoms with Crippen LogP contribution in [0.5, 0.6) is 0 Å². The van der Waals surface area contributed by atoms with Crippen molar-refractivity contribution in [3.05, 3.63) is 34.2 Å². The molecule has 0 saturated carbocycles. The smallest absolute Gasteiger partial charge is 0.153 e. The Labute approximate surface area is 128 Å². The van der Waals surface area contributed by atoms with E-state index >= 15 is 0 Å². The molecule has 0 aromatic carbocycles. The Balaban J connectivity index is 2.01. The van der Waals surface area contributed by atoms with Crippen molar-refractivity contribution in [1.82, 2.24) is 19.7 Å². The van der Waals surface area contributed by atoms with Crippen molar-refractivity contribution < 1.29 is 0 Å². The van der Waals surface area contributed by atoms with Gasteiger partial charge in [0.25, 0.3) is 0 Å². The number of nitrogens with zero attached hydrogens (tertiary/aromatic N) is 4. The first-order chi connectivity index (χ1) is 10.1. The van der Waals surface area contributed by atoms with Crippen molar-refractivity contribution in [2.24, 2.45) is 0 Å². The summed E-state index contributed by atoms with van der Waals surface area (Å²) < 4.78 is 1.98. The molecule has 0 atom stereocenters. The topological polar surface area (TPSA) is 55.6 Å². The Morgan fingerprint density at radius 1 is 1.24 bits per heavy atom. The van der Waals surface area contributed by atoms with Crippen LogP contribution in [0.25, 0.3) is 10.2 Å². The number of hydrogen-bond acceptors (Lipinski definition) is 5. The van der Waals surface area contributed by atoms with Gasteiger partial charge in [-0.3, -0.25) is 4.68 Å². The second kappa shape index (κ2) is 5.44. The van der Waals surface area contributed by atoms with Gasteiger partial charge >= 0.3 is 0 Å². The van der Waals surface area contributed by atoms with Crippen LogP contribution < -0.4 is 5.32 Å². The van der Waals surface area contributed by atoms with Crippen molar-refractivity contribution in [1.29, 1.82) is 0 Å². The van der Waals surface area contributed by atoms with Gasteiger partial charge in [0.1, 0.15) is 17.2 Å². The Bertz CT molecular complexity index is 787. The van der Waals surface area contributed by atoms with E-state index in [0.29, 0.717) is 6.54 Å². The van der Waals surface area contributed by atoms with Crippen LogP contribution in [0, 0.1) is 20.8 Å². The van der Waals surface area contributed by atoms with E-state index in [1.807, 2.05) is 11.6 Å². The lowest BCUT2D eigenvalue weighted by atomic mass is 10.2. The predicted molar refractivity (Wildman–Crippen MR) is 87.1 cm³/mol. The zero-order valence-electron chi connectivity index (χ0n) is 12.8. The molecular formula is C15H19N5S. The number of fused-ring (bicyclic) bond motifs is 1. The maximum absolute atomic E-state index is 4.66. The Kier molecular flexibility index (Phi) is 3.63. The standard InChI is InChI=1S/C15H19N5S/c1-5-16-14-12-6-7-21-15(12)18-13(17-14)8-20-11(4)9(2)10(3)19-20/h6-7H,5,8H2,1-4H3,(H,16,17,18). The summed E-state index contributed by atoms with van der Waals surface area (Å²) in [4.78, 5) is 10.3. The molecule has 0 aliphatic heterocycles. The number of rotatable bonds is 4. The molecule has 5 nitrogen and oxygen atoms in total. The van der Waals surface area contributed by atoms with Gasteiger partial charge in [0.2, 0.25) is 0 Å². The van der Waals surface area contributed by atoms with E-state index in [0.717, 1.165) is 34.1 Å². The lowest BCUT2D eigenvalue weighted by molar-refractivity contribution is 0.634. The third-order valence-corrected chi connectivity index (χ3v) is 4.56. The normalized spacial score (nSPS) is 11.2. The molecular weight excluding hydrogens is 282 g/mol. The van der Waals surface area contributed by atoms with Crippen molar-refractivity contribution in [3.8, 4) is 0 Å². The van der Waals surface area contributed by atoms with E-state index < -0.39 is 0 Å². The van der Waals surface area contributed by atoms with Crippen molar-refractivity contribution in [2.75, 3.05) is 11.9 Å². The molecule has 3 rings (SSSR count). The summed E-state index contributed by atoms with van der Waals surface area (Å²) in [6, 6.07) is 2.06. The van der Waals surface area contributed by atoms with E-state index in [1.54, 1.807) is 11.3 Å². The molecule has 3 heterocycles. The van der Waals surface area contributed by atoms with Crippen LogP contribution in [-0.4, -0.2) is 26.3 Å². The largest absolute Gasteiger partial charge is 0.370 e. The number of aromatic nitrogens is 4. The Hall–Kier alpha value is -1.95. The van der Waals surface area contributed by atoms with Gasteiger partial charge in [-0.25, -0.2) is 9.97 Å². The summed E-state index contributed by atoms with van der Waals surface area (Å²) in [5, 5.41) is 11.0. The molecule has 0 amide bonds. The number of anilines is 1. The van der Waals surface area contributed by atoms with Gasteiger partial charge < -0.3 is 5.32 Å². The van der Waals surface area contributed by atoms with E-state index in [9.17, 15) is 0 Å². The summed E-state index contributed by atoms with van der Waals surface area (Å²) in [5.74, 6) is 1.71. The van der Waals surface area contributed by atoms with Crippen molar-refractivity contribution >= 4 is 27.4 Å². The molecule has 1 N–H and O–H groups in total. The molecule has 0 spiro atoms. The fraction of sp³-hybridized carbons (Fsp3) is 0.400. The highest BCUT2D eigenvalue weighted by atomic mass is 32.1. The van der Waals surface area contributed by atoms with Crippen LogP contribution in [0.4, 0.5) is 5.82 Å². The maximum Gasteiger partial charge on any atom is 0.153 e. The number of nitrogens with one attached hydrogen (secondary N) is 1. The van der Waals surface area contributed by atoms with Crippen LogP contribution in [0.2, 0.25) is 0 Å². The molecule has 0 aliphatic carbocycles. The van der Waals surface area contributed by atoms with Gasteiger partial charge in [0.15, 0.2) is 5.82 Å². The summed E-state index contributed by atoms with van der Waals surface area (Å²) in [7, 11) is 0. The minimum absolute atomic E-state index is 0.604. The molecule has 0 fully saturated rings. The molecule has 21 heavy (non-hydrogen) atoms. The average Bonchev–Trinajstić information content (AvgIpc) is 3.01. The summed E-state index contributed by atoms with van der Waals surface area (Å²) in [5.41, 5.74) is 3.48. The number of aryl methyl sites for hydroxylation is 1. The SMILES string of the molecule is CCNc1nc(Cn2nc(C)c(C)c2C)nc2sccc12. The molecule has 3 aromatic heterocycles. The minimum atomic E-state index is 0.604. The van der Waals surface area contributed by atoms with Crippen LogP contribution in [0.3, 0.4) is 0 Å². The van der Waals surface area contributed by atoms with Gasteiger partial charge in [-0.1, -0.05) is 0 Å². The van der Waals surface area contributed by atoms with Crippen LogP contribution in [-0.2, 0) is 6.54 Å². The first kappa shape index (κ1) is 14.0. The molecule has 3 aromatic rings. The van der Waals surface area contributed by atoms with Gasteiger partial charge in [-0.2, -0.15) is 5.10 Å². The van der Waals surface area contributed by atoms with Crippen LogP contribution in [0.15, 0.2) is 11.4 Å². The monoisotopic (exact) mass is 301 g/mol. The Morgan fingerprint density at radius 2 is 2.05 bits per heavy atom. The van der Waals surface area contributed by atoms with Gasteiger partial charge in [-0.05, 0) is 44.7 Å². The summed E-state index contributed by atoms with van der Waals surface area (Å²) in [6.07, 6.45) is 0. The third kappa shape index (κ3) is 2.51. The van der Waals surface area contributed by atoms with Crippen LogP contribution in [0.1, 0.15) is 29.7 Å². The van der Waals surface area contributed by atoms with Gasteiger partial charge in [-0.15, -0.1) is 11.3 Å². The Morgan fingerprint density at radius 3 is 2.71 bits per heavy atom. The number of hydrogen-bond donors (Lipinski definition) is 1. The highest BCUT2D eigenvalue weighted by molar-refractivity contribution is 7.16. The summed E-state index contributed by atoms with van der Waals surface area (Å²) in [6.45, 7) is 9.75. The minimum Gasteiger partial charge on any atom is -0.370 e. The fourth-order valence-electron chi connectivity index (χ4n) is 2.35. The third-order valence-electron chi connectivity index (χ3n) is 3.75. The second-order valence-electron chi connectivity index (χ2n) is 5.11. The van der Waals surface area contributed by atoms with E-state index in [-0.39, 0.29) is 0 Å². The highest BCUT2D eigenvalue weighted by Crippen LogP contribution is 2.25. The van der Waals surface area contributed by atoms with Crippen molar-refractivity contribution in [2.45, 2.75) is 34.2 Å². The highest BCUT2D eigenvalue weighted by Gasteiger charge is 2.12. The lowest BCUT2D eigenvalue weighted by Gasteiger charge is -2.08. The fourth-order valence-corrected chi connectivity index (χ4v) is 3.13. The van der Waals surface area contributed by atoms with E-state index in [4.69, 9.17) is 0 Å². The predicted octanol–water partition coefficient (Wildman–Crippen LogP) is 3.29. The number of thiophene rings is 1. The van der Waals surface area contributed by atoms with E-state index in [2.05, 4.69) is 52.6 Å². The van der Waals surface area contributed by atoms with Crippen molar-refractivity contribution in [3.63, 3.8) is 0 Å². The molecule has 0 unspecified atom stereocenters. The summed E-state index contributed by atoms with van der Waals surface area (Å²) >= 11 is 1.64. The molecule has 6 heteroatoms. The molecule has 0 saturated heterocycles. The molecule has 110 valence electrons. The van der Waals surface area contributed by atoms with Crippen LogP contribution >= 0.6 is 11.3 Å². The van der Waals surface area contributed by atoms with Gasteiger partial charge in [0, 0.05) is 12.2 Å². The van der Waals surface area contributed by atoms with E-state index in [1.165, 1.54) is 11.3 Å². The zero-order valence-corrected chi connectivity index (χ0v) is 13.6. The quantitative estimate of drug-likeness (QED) is 0.803. The maximum atomic E-state index is 4.66. The molecule has 0 radical (unpaired) electrons. The zero-order chi connectivity index (χ0) is 15.0. The second-order valence-corrected chi connectivity index (χ2v) is 6.01. The first-order valence-corrected chi connectivity index (χ1v) is 7.96. The molecule has 0 bridgehead atoms. The molecule has 0 aliphatic rings. The lowest BCUT2D eigenvalue weighted by Crippen LogP contribution is -2.10. The van der Waals surface area contributed by atoms with Gasteiger partial charge in [0.05, 0.1) is 11.1 Å².